The first-order chi connectivity index (χ1) is 15.8. The van der Waals surface area contributed by atoms with Crippen molar-refractivity contribution in [2.45, 2.75) is 6.92 Å². The molecule has 0 radical (unpaired) electrons. The van der Waals surface area contributed by atoms with Crippen LogP contribution in [0.25, 0.3) is 22.2 Å². The Kier molecular flexibility index (Phi) is 6.34. The zero-order chi connectivity index (χ0) is 23.7. The quantitative estimate of drug-likeness (QED) is 0.326. The summed E-state index contributed by atoms with van der Waals surface area (Å²) < 4.78 is 4.78. The Morgan fingerprint density at radius 3 is 2.61 bits per heavy atom. The maximum Gasteiger partial charge on any atom is 0.348 e. The number of fused-ring (bicyclic) bond motifs is 1. The standard InChI is InChI=1S/C24H15Cl2N3O3S/c1-12-17(11-27)23(33-21(12)24(31)32-2)29-22(30)16-10-20(15-8-7-13(25)9-18(15)26)28-19-6-4-3-5-14(16)19/h3-10H,1-2H3,(H,29,30). The molecule has 1 N–H and O–H groups in total. The van der Waals surface area contributed by atoms with Gasteiger partial charge in [-0.3, -0.25) is 4.79 Å². The fraction of sp³-hybridized carbons (Fsp3) is 0.0833. The van der Waals surface area contributed by atoms with Crippen LogP contribution >= 0.6 is 34.5 Å². The van der Waals surface area contributed by atoms with E-state index in [9.17, 15) is 14.9 Å². The van der Waals surface area contributed by atoms with Crippen molar-refractivity contribution >= 4 is 62.3 Å². The highest BCUT2D eigenvalue weighted by Crippen LogP contribution is 2.35. The Balaban J connectivity index is 1.82. The molecule has 0 atom stereocenters. The Morgan fingerprint density at radius 2 is 1.91 bits per heavy atom. The van der Waals surface area contributed by atoms with Crippen LogP contribution in [0.15, 0.2) is 48.5 Å². The first-order valence-corrected chi connectivity index (χ1v) is 11.2. The van der Waals surface area contributed by atoms with Crippen LogP contribution in [0.4, 0.5) is 5.00 Å². The van der Waals surface area contributed by atoms with Crippen LogP contribution in [0.5, 0.6) is 0 Å². The van der Waals surface area contributed by atoms with Crippen LogP contribution in [0.1, 0.15) is 31.2 Å². The molecule has 0 saturated carbocycles. The summed E-state index contributed by atoms with van der Waals surface area (Å²) >= 11 is 13.4. The summed E-state index contributed by atoms with van der Waals surface area (Å²) in [4.78, 5) is 30.3. The molecule has 2 heterocycles. The van der Waals surface area contributed by atoms with Gasteiger partial charge in [0, 0.05) is 16.0 Å². The van der Waals surface area contributed by atoms with Gasteiger partial charge in [0.1, 0.15) is 15.9 Å². The minimum atomic E-state index is -0.566. The molecule has 0 fully saturated rings. The van der Waals surface area contributed by atoms with E-state index in [1.807, 2.05) is 6.07 Å². The molecule has 0 aliphatic heterocycles. The molecule has 0 unspecified atom stereocenters. The molecule has 33 heavy (non-hydrogen) atoms. The zero-order valence-electron chi connectivity index (χ0n) is 17.4. The summed E-state index contributed by atoms with van der Waals surface area (Å²) in [6.07, 6.45) is 0. The maximum absolute atomic E-state index is 13.4. The van der Waals surface area contributed by atoms with Crippen LogP contribution < -0.4 is 5.32 Å². The summed E-state index contributed by atoms with van der Waals surface area (Å²) in [5, 5.41) is 14.2. The zero-order valence-corrected chi connectivity index (χ0v) is 19.7. The van der Waals surface area contributed by atoms with Crippen molar-refractivity contribution in [3.05, 3.63) is 80.1 Å². The second kappa shape index (κ2) is 9.20. The van der Waals surface area contributed by atoms with Crippen LogP contribution in [-0.4, -0.2) is 24.0 Å². The van der Waals surface area contributed by atoms with E-state index in [1.165, 1.54) is 7.11 Å². The van der Waals surface area contributed by atoms with E-state index in [4.69, 9.17) is 27.9 Å². The normalized spacial score (nSPS) is 10.6. The molecule has 0 spiro atoms. The molecule has 6 nitrogen and oxygen atoms in total. The number of hydrogen-bond donors (Lipinski definition) is 1. The first-order valence-electron chi connectivity index (χ1n) is 9.62. The van der Waals surface area contributed by atoms with E-state index < -0.39 is 11.9 Å². The van der Waals surface area contributed by atoms with Crippen molar-refractivity contribution in [3.63, 3.8) is 0 Å². The van der Waals surface area contributed by atoms with Gasteiger partial charge in [-0.2, -0.15) is 5.26 Å². The van der Waals surface area contributed by atoms with Gasteiger partial charge in [-0.1, -0.05) is 41.4 Å². The highest BCUT2D eigenvalue weighted by atomic mass is 35.5. The van der Waals surface area contributed by atoms with Gasteiger partial charge in [0.2, 0.25) is 0 Å². The first kappa shape index (κ1) is 22.7. The molecular formula is C24H15Cl2N3O3S. The SMILES string of the molecule is COC(=O)c1sc(NC(=O)c2cc(-c3ccc(Cl)cc3Cl)nc3ccccc23)c(C#N)c1C. The molecule has 0 saturated heterocycles. The second-order valence-electron chi connectivity index (χ2n) is 7.01. The highest BCUT2D eigenvalue weighted by Gasteiger charge is 2.23. The maximum atomic E-state index is 13.4. The number of para-hydroxylation sites is 1. The number of pyridine rings is 1. The number of hydrogen-bond acceptors (Lipinski definition) is 6. The predicted octanol–water partition coefficient (Wildman–Crippen LogP) is 6.49. The average molecular weight is 496 g/mol. The molecule has 1 amide bonds. The van der Waals surface area contributed by atoms with Crippen LogP contribution in [0, 0.1) is 18.3 Å². The number of halogens is 2. The third-order valence-corrected chi connectivity index (χ3v) is 6.76. The van der Waals surface area contributed by atoms with E-state index in [0.717, 1.165) is 11.3 Å². The minimum absolute atomic E-state index is 0.216. The van der Waals surface area contributed by atoms with Gasteiger partial charge in [-0.15, -0.1) is 11.3 Å². The molecule has 0 aliphatic carbocycles. The van der Waals surface area contributed by atoms with E-state index in [1.54, 1.807) is 49.4 Å². The molecule has 2 aromatic heterocycles. The Hall–Kier alpha value is -3.44. The lowest BCUT2D eigenvalue weighted by molar-refractivity contribution is 0.0605. The number of amides is 1. The van der Waals surface area contributed by atoms with Crippen LogP contribution in [0.3, 0.4) is 0 Å². The third-order valence-electron chi connectivity index (χ3n) is 5.02. The summed E-state index contributed by atoms with van der Waals surface area (Å²) in [6, 6.07) is 15.9. The van der Waals surface area contributed by atoms with Gasteiger partial charge in [0.15, 0.2) is 0 Å². The number of anilines is 1. The summed E-state index contributed by atoms with van der Waals surface area (Å²) in [6.45, 7) is 1.64. The lowest BCUT2D eigenvalue weighted by atomic mass is 10.0. The largest absolute Gasteiger partial charge is 0.465 e. The number of esters is 1. The van der Waals surface area contributed by atoms with Crippen molar-refractivity contribution in [1.82, 2.24) is 4.98 Å². The molecule has 4 aromatic rings. The molecule has 4 rings (SSSR count). The number of nitriles is 1. The molecule has 9 heteroatoms. The van der Waals surface area contributed by atoms with E-state index in [-0.39, 0.29) is 15.4 Å². The van der Waals surface area contributed by atoms with Gasteiger partial charge < -0.3 is 10.1 Å². The van der Waals surface area contributed by atoms with E-state index >= 15 is 0 Å². The van der Waals surface area contributed by atoms with Gasteiger partial charge >= 0.3 is 5.97 Å². The Bertz CT molecular complexity index is 1470. The van der Waals surface area contributed by atoms with Gasteiger partial charge in [0.25, 0.3) is 5.91 Å². The highest BCUT2D eigenvalue weighted by molar-refractivity contribution is 7.18. The fourth-order valence-corrected chi connectivity index (χ4v) is 4.97. The van der Waals surface area contributed by atoms with Crippen molar-refractivity contribution < 1.29 is 14.3 Å². The van der Waals surface area contributed by atoms with E-state index in [0.29, 0.717) is 43.3 Å². The van der Waals surface area contributed by atoms with Crippen molar-refractivity contribution in [2.75, 3.05) is 12.4 Å². The number of benzene rings is 2. The second-order valence-corrected chi connectivity index (χ2v) is 8.88. The number of thiophene rings is 1. The summed E-state index contributed by atoms with van der Waals surface area (Å²) in [5.74, 6) is -1.02. The average Bonchev–Trinajstić information content (AvgIpc) is 3.12. The third kappa shape index (κ3) is 4.29. The van der Waals surface area contributed by atoms with E-state index in [2.05, 4.69) is 16.4 Å². The predicted molar refractivity (Wildman–Crippen MR) is 130 cm³/mol. The lowest BCUT2D eigenvalue weighted by Crippen LogP contribution is -2.13. The topological polar surface area (TPSA) is 92.1 Å². The van der Waals surface area contributed by atoms with Gasteiger partial charge in [0.05, 0.1) is 34.5 Å². The molecule has 0 aliphatic rings. The summed E-state index contributed by atoms with van der Waals surface area (Å²) in [5.41, 5.74) is 2.74. The van der Waals surface area contributed by atoms with Crippen molar-refractivity contribution in [2.24, 2.45) is 0 Å². The van der Waals surface area contributed by atoms with Crippen LogP contribution in [-0.2, 0) is 4.74 Å². The number of rotatable bonds is 4. The minimum Gasteiger partial charge on any atom is -0.465 e. The molecule has 2 aromatic carbocycles. The molecular weight excluding hydrogens is 481 g/mol. The smallest absolute Gasteiger partial charge is 0.348 e. The van der Waals surface area contributed by atoms with Gasteiger partial charge in [-0.05, 0) is 42.8 Å². The Morgan fingerprint density at radius 1 is 1.15 bits per heavy atom. The monoisotopic (exact) mass is 495 g/mol. The van der Waals surface area contributed by atoms with Crippen molar-refractivity contribution in [3.8, 4) is 17.3 Å². The number of aromatic nitrogens is 1. The number of carbonyl (C=O) groups excluding carboxylic acids is 2. The summed E-state index contributed by atoms with van der Waals surface area (Å²) in [7, 11) is 1.26. The number of nitrogens with one attached hydrogen (secondary N) is 1. The fourth-order valence-electron chi connectivity index (χ4n) is 3.39. The number of nitrogens with zero attached hydrogens (tertiary/aromatic N) is 2. The molecule has 0 bridgehead atoms. The number of ether oxygens (including phenoxy) is 1. The van der Waals surface area contributed by atoms with Crippen molar-refractivity contribution in [1.29, 1.82) is 5.26 Å². The van der Waals surface area contributed by atoms with Gasteiger partial charge in [-0.25, -0.2) is 9.78 Å². The Labute approximate surface area is 203 Å². The van der Waals surface area contributed by atoms with Crippen LogP contribution in [0.2, 0.25) is 10.0 Å². The number of carbonyl (C=O) groups is 2. The molecule has 164 valence electrons. The lowest BCUT2D eigenvalue weighted by Gasteiger charge is -2.11. The number of methoxy groups -OCH3 is 1.